The normalized spacial score (nSPS) is 29.8. The van der Waals surface area contributed by atoms with Gasteiger partial charge in [-0.15, -0.1) is 0 Å². The van der Waals surface area contributed by atoms with Crippen molar-refractivity contribution in [1.82, 2.24) is 0 Å². The van der Waals surface area contributed by atoms with Crippen LogP contribution in [-0.4, -0.2) is 38.5 Å². The van der Waals surface area contributed by atoms with Gasteiger partial charge in [0.2, 0.25) is 12.1 Å². The van der Waals surface area contributed by atoms with Gasteiger partial charge < -0.3 is 18.9 Å². The second kappa shape index (κ2) is 3.30. The van der Waals surface area contributed by atoms with Crippen LogP contribution in [0.2, 0.25) is 0 Å². The van der Waals surface area contributed by atoms with E-state index in [1.54, 1.807) is 0 Å². The molecule has 4 heteroatoms. The van der Waals surface area contributed by atoms with Crippen LogP contribution < -0.4 is 0 Å². The zero-order valence-corrected chi connectivity index (χ0v) is 7.25. The molecule has 0 saturated carbocycles. The summed E-state index contributed by atoms with van der Waals surface area (Å²) in [7, 11) is 0. The first-order valence-corrected chi connectivity index (χ1v) is 4.38. The van der Waals surface area contributed by atoms with E-state index in [-0.39, 0.29) is 6.29 Å². The van der Waals surface area contributed by atoms with Gasteiger partial charge in [0.05, 0.1) is 26.4 Å². The lowest BCUT2D eigenvalue weighted by Gasteiger charge is -2.30. The average Bonchev–Trinajstić information content (AvgIpc) is 2.76. The minimum atomic E-state index is -0.628. The predicted molar refractivity (Wildman–Crippen MR) is 40.6 cm³/mol. The summed E-state index contributed by atoms with van der Waals surface area (Å²) >= 11 is 0. The van der Waals surface area contributed by atoms with Crippen molar-refractivity contribution >= 4 is 0 Å². The summed E-state index contributed by atoms with van der Waals surface area (Å²) in [5.74, 6) is -0.628. The summed E-state index contributed by atoms with van der Waals surface area (Å²) in [5.41, 5.74) is 0. The van der Waals surface area contributed by atoms with E-state index in [9.17, 15) is 0 Å². The van der Waals surface area contributed by atoms with Crippen LogP contribution in [-0.2, 0) is 18.9 Å². The van der Waals surface area contributed by atoms with Crippen LogP contribution in [0, 0.1) is 0 Å². The minimum absolute atomic E-state index is 0.329. The Morgan fingerprint density at radius 2 is 1.67 bits per heavy atom. The number of hydrogen-bond acceptors (Lipinski definition) is 4. The molecule has 0 aliphatic carbocycles. The molecule has 12 heavy (non-hydrogen) atoms. The summed E-state index contributed by atoms with van der Waals surface area (Å²) in [5, 5.41) is 0. The predicted octanol–water partition coefficient (Wildman–Crippen LogP) is 0.512. The highest BCUT2D eigenvalue weighted by Crippen LogP contribution is 2.31. The molecule has 2 aliphatic heterocycles. The van der Waals surface area contributed by atoms with Gasteiger partial charge in [0.1, 0.15) is 0 Å². The van der Waals surface area contributed by atoms with Crippen LogP contribution in [0.25, 0.3) is 0 Å². The third kappa shape index (κ3) is 1.25. The van der Waals surface area contributed by atoms with Crippen molar-refractivity contribution in [2.45, 2.75) is 25.4 Å². The standard InChI is InChI=1S/C8H14O4/c1-2-8(11-5-6-12-8)7-9-3-4-10-7/h7H,2-6H2,1H3. The van der Waals surface area contributed by atoms with Crippen LogP contribution in [0.4, 0.5) is 0 Å². The van der Waals surface area contributed by atoms with Gasteiger partial charge in [-0.2, -0.15) is 0 Å². The quantitative estimate of drug-likeness (QED) is 0.611. The molecule has 0 atom stereocenters. The zero-order chi connectivity index (χ0) is 8.44. The maximum absolute atomic E-state index is 5.50. The van der Waals surface area contributed by atoms with E-state index >= 15 is 0 Å². The molecule has 2 rings (SSSR count). The fraction of sp³-hybridized carbons (Fsp3) is 1.00. The van der Waals surface area contributed by atoms with Crippen LogP contribution in [0.3, 0.4) is 0 Å². The van der Waals surface area contributed by atoms with Crippen molar-refractivity contribution in [1.29, 1.82) is 0 Å². The second-order valence-electron chi connectivity index (χ2n) is 2.94. The molecule has 0 bridgehead atoms. The first-order chi connectivity index (χ1) is 5.87. The molecule has 2 heterocycles. The van der Waals surface area contributed by atoms with Crippen molar-refractivity contribution < 1.29 is 18.9 Å². The number of hydrogen-bond donors (Lipinski definition) is 0. The smallest absolute Gasteiger partial charge is 0.220 e. The van der Waals surface area contributed by atoms with Gasteiger partial charge in [0, 0.05) is 6.42 Å². The Bertz CT molecular complexity index is 147. The molecule has 0 aromatic heterocycles. The Labute approximate surface area is 71.7 Å². The second-order valence-corrected chi connectivity index (χ2v) is 2.94. The van der Waals surface area contributed by atoms with Gasteiger partial charge in [-0.1, -0.05) is 6.92 Å². The Morgan fingerprint density at radius 3 is 2.17 bits per heavy atom. The third-order valence-electron chi connectivity index (χ3n) is 2.25. The van der Waals surface area contributed by atoms with Gasteiger partial charge in [-0.3, -0.25) is 0 Å². The summed E-state index contributed by atoms with van der Waals surface area (Å²) in [4.78, 5) is 0. The Morgan fingerprint density at radius 1 is 1.08 bits per heavy atom. The maximum Gasteiger partial charge on any atom is 0.220 e. The highest BCUT2D eigenvalue weighted by atomic mass is 16.8. The molecule has 0 aromatic carbocycles. The van der Waals surface area contributed by atoms with E-state index < -0.39 is 5.79 Å². The van der Waals surface area contributed by atoms with E-state index in [0.29, 0.717) is 26.4 Å². The van der Waals surface area contributed by atoms with Crippen molar-refractivity contribution in [3.05, 3.63) is 0 Å². The first kappa shape index (κ1) is 8.44. The molecular formula is C8H14O4. The molecular weight excluding hydrogens is 160 g/mol. The molecule has 2 saturated heterocycles. The average molecular weight is 174 g/mol. The lowest BCUT2D eigenvalue weighted by molar-refractivity contribution is -0.281. The molecule has 2 fully saturated rings. The van der Waals surface area contributed by atoms with E-state index in [0.717, 1.165) is 6.42 Å². The fourth-order valence-corrected chi connectivity index (χ4v) is 1.59. The van der Waals surface area contributed by atoms with E-state index in [1.165, 1.54) is 0 Å². The van der Waals surface area contributed by atoms with Crippen molar-refractivity contribution in [3.63, 3.8) is 0 Å². The minimum Gasteiger partial charge on any atom is -0.345 e. The Balaban J connectivity index is 2.04. The van der Waals surface area contributed by atoms with Crippen LogP contribution in [0.15, 0.2) is 0 Å². The molecule has 0 N–H and O–H groups in total. The van der Waals surface area contributed by atoms with Crippen LogP contribution in [0.1, 0.15) is 13.3 Å². The van der Waals surface area contributed by atoms with Gasteiger partial charge in [0.15, 0.2) is 0 Å². The maximum atomic E-state index is 5.50. The highest BCUT2D eigenvalue weighted by molar-refractivity contribution is 4.78. The first-order valence-electron chi connectivity index (χ1n) is 4.38. The van der Waals surface area contributed by atoms with Gasteiger partial charge in [0.25, 0.3) is 0 Å². The summed E-state index contributed by atoms with van der Waals surface area (Å²) in [6, 6.07) is 0. The van der Waals surface area contributed by atoms with E-state index in [4.69, 9.17) is 18.9 Å². The van der Waals surface area contributed by atoms with Gasteiger partial charge in [-0.05, 0) is 0 Å². The number of ether oxygens (including phenoxy) is 4. The van der Waals surface area contributed by atoms with Crippen molar-refractivity contribution in [3.8, 4) is 0 Å². The molecule has 0 aromatic rings. The lowest BCUT2D eigenvalue weighted by atomic mass is 10.2. The fourth-order valence-electron chi connectivity index (χ4n) is 1.59. The molecule has 0 amide bonds. The highest BCUT2D eigenvalue weighted by Gasteiger charge is 2.46. The topological polar surface area (TPSA) is 36.9 Å². The summed E-state index contributed by atoms with van der Waals surface area (Å²) in [6.07, 6.45) is 0.433. The summed E-state index contributed by atoms with van der Waals surface area (Å²) < 4.78 is 21.7. The molecule has 70 valence electrons. The molecule has 0 spiro atoms. The number of rotatable bonds is 2. The lowest BCUT2D eigenvalue weighted by Crippen LogP contribution is -2.43. The van der Waals surface area contributed by atoms with Crippen LogP contribution >= 0.6 is 0 Å². The Hall–Kier alpha value is -0.160. The van der Waals surface area contributed by atoms with Crippen molar-refractivity contribution in [2.75, 3.05) is 26.4 Å². The van der Waals surface area contributed by atoms with Crippen LogP contribution in [0.5, 0.6) is 0 Å². The molecule has 0 unspecified atom stereocenters. The van der Waals surface area contributed by atoms with E-state index in [2.05, 4.69) is 0 Å². The zero-order valence-electron chi connectivity index (χ0n) is 7.25. The Kier molecular flexibility index (Phi) is 2.32. The van der Waals surface area contributed by atoms with Gasteiger partial charge >= 0.3 is 0 Å². The molecule has 0 radical (unpaired) electrons. The third-order valence-corrected chi connectivity index (χ3v) is 2.25. The molecule has 4 nitrogen and oxygen atoms in total. The van der Waals surface area contributed by atoms with Gasteiger partial charge in [-0.25, -0.2) is 0 Å². The summed E-state index contributed by atoms with van der Waals surface area (Å²) in [6.45, 7) is 4.56. The van der Waals surface area contributed by atoms with Crippen molar-refractivity contribution in [2.24, 2.45) is 0 Å². The molecule has 2 aliphatic rings. The monoisotopic (exact) mass is 174 g/mol. The largest absolute Gasteiger partial charge is 0.345 e. The SMILES string of the molecule is CCC1(C2OCCO2)OCCO1. The van der Waals surface area contributed by atoms with E-state index in [1.807, 2.05) is 6.92 Å².